The van der Waals surface area contributed by atoms with Crippen LogP contribution in [0, 0.1) is 11.8 Å². The summed E-state index contributed by atoms with van der Waals surface area (Å²) >= 11 is 12.2. The number of halogens is 2. The molecule has 3 rings (SSSR count). The highest BCUT2D eigenvalue weighted by molar-refractivity contribution is 6.35. The quantitative estimate of drug-likeness (QED) is 0.912. The largest absolute Gasteiger partial charge is 0.327 e. The van der Waals surface area contributed by atoms with Gasteiger partial charge in [-0.1, -0.05) is 42.1 Å². The third-order valence-corrected chi connectivity index (χ3v) is 5.00. The molecule has 2 atom stereocenters. The van der Waals surface area contributed by atoms with Gasteiger partial charge in [0.1, 0.15) is 0 Å². The highest BCUT2D eigenvalue weighted by Gasteiger charge is 2.31. The van der Waals surface area contributed by atoms with Crippen molar-refractivity contribution in [3.63, 3.8) is 0 Å². The first-order chi connectivity index (χ1) is 9.60. The molecule has 2 aliphatic rings. The van der Waals surface area contributed by atoms with Crippen molar-refractivity contribution in [2.24, 2.45) is 17.6 Å². The summed E-state index contributed by atoms with van der Waals surface area (Å²) in [5.41, 5.74) is 7.38. The van der Waals surface area contributed by atoms with Crippen LogP contribution in [0.4, 0.5) is 0 Å². The molecule has 2 unspecified atom stereocenters. The number of nitrogens with zero attached hydrogens (tertiary/aromatic N) is 1. The van der Waals surface area contributed by atoms with Crippen LogP contribution in [0.25, 0.3) is 0 Å². The van der Waals surface area contributed by atoms with Crippen molar-refractivity contribution >= 4 is 23.2 Å². The molecular weight excluding hydrogens is 291 g/mol. The summed E-state index contributed by atoms with van der Waals surface area (Å²) in [6.45, 7) is 3.01. The van der Waals surface area contributed by atoms with E-state index in [1.54, 1.807) is 0 Å². The molecular formula is C16H22Cl2N2. The lowest BCUT2D eigenvalue weighted by Gasteiger charge is -2.36. The van der Waals surface area contributed by atoms with Gasteiger partial charge in [-0.3, -0.25) is 4.90 Å². The highest BCUT2D eigenvalue weighted by atomic mass is 35.5. The summed E-state index contributed by atoms with van der Waals surface area (Å²) in [5, 5.41) is 1.45. The summed E-state index contributed by atoms with van der Waals surface area (Å²) in [4.78, 5) is 2.45. The lowest BCUT2D eigenvalue weighted by Crippen LogP contribution is -2.46. The Balaban J connectivity index is 1.62. The molecule has 1 aromatic rings. The van der Waals surface area contributed by atoms with Gasteiger partial charge in [0.2, 0.25) is 0 Å². The van der Waals surface area contributed by atoms with Crippen LogP contribution < -0.4 is 5.73 Å². The molecule has 2 nitrogen and oxygen atoms in total. The average molecular weight is 313 g/mol. The normalized spacial score (nSPS) is 27.8. The Morgan fingerprint density at radius 2 is 1.95 bits per heavy atom. The molecule has 0 spiro atoms. The molecule has 1 aliphatic heterocycles. The third kappa shape index (κ3) is 3.88. The number of hydrogen-bond acceptors (Lipinski definition) is 2. The van der Waals surface area contributed by atoms with Crippen LogP contribution in [0.15, 0.2) is 18.2 Å². The standard InChI is InChI=1S/C16H22Cl2N2/c17-14-4-3-13(16(18)7-14)9-20-8-12(5-11-1-2-11)6-15(19)10-20/h3-4,7,11-12,15H,1-2,5-6,8-10,19H2. The van der Waals surface area contributed by atoms with E-state index in [2.05, 4.69) is 4.90 Å². The molecule has 0 radical (unpaired) electrons. The van der Waals surface area contributed by atoms with E-state index < -0.39 is 0 Å². The van der Waals surface area contributed by atoms with E-state index in [-0.39, 0.29) is 0 Å². The van der Waals surface area contributed by atoms with Gasteiger partial charge in [0, 0.05) is 35.7 Å². The van der Waals surface area contributed by atoms with E-state index in [1.807, 2.05) is 18.2 Å². The first-order valence-electron chi connectivity index (χ1n) is 7.52. The van der Waals surface area contributed by atoms with Crippen molar-refractivity contribution in [1.82, 2.24) is 4.90 Å². The molecule has 1 aliphatic carbocycles. The number of likely N-dealkylation sites (tertiary alicyclic amines) is 1. The Morgan fingerprint density at radius 3 is 2.65 bits per heavy atom. The van der Waals surface area contributed by atoms with E-state index in [9.17, 15) is 0 Å². The van der Waals surface area contributed by atoms with Crippen LogP contribution in [0.5, 0.6) is 0 Å². The van der Waals surface area contributed by atoms with Crippen molar-refractivity contribution in [2.75, 3.05) is 13.1 Å². The van der Waals surface area contributed by atoms with Crippen LogP contribution in [-0.2, 0) is 6.54 Å². The van der Waals surface area contributed by atoms with E-state index in [4.69, 9.17) is 28.9 Å². The minimum atomic E-state index is 0.304. The molecule has 1 heterocycles. The molecule has 20 heavy (non-hydrogen) atoms. The monoisotopic (exact) mass is 312 g/mol. The Kier molecular flexibility index (Phi) is 4.56. The second-order valence-corrected chi connectivity index (χ2v) is 7.31. The van der Waals surface area contributed by atoms with E-state index >= 15 is 0 Å². The number of piperidine rings is 1. The smallest absolute Gasteiger partial charge is 0.0465 e. The Labute approximate surface area is 131 Å². The van der Waals surface area contributed by atoms with Gasteiger partial charge in [-0.25, -0.2) is 0 Å². The summed E-state index contributed by atoms with van der Waals surface area (Å²) in [5.74, 6) is 1.74. The number of rotatable bonds is 4. The van der Waals surface area contributed by atoms with Crippen LogP contribution in [0.2, 0.25) is 10.0 Å². The van der Waals surface area contributed by atoms with Gasteiger partial charge in [-0.2, -0.15) is 0 Å². The first kappa shape index (κ1) is 14.6. The van der Waals surface area contributed by atoms with Crippen LogP contribution >= 0.6 is 23.2 Å². The van der Waals surface area contributed by atoms with Gasteiger partial charge >= 0.3 is 0 Å². The molecule has 0 bridgehead atoms. The molecule has 0 amide bonds. The first-order valence-corrected chi connectivity index (χ1v) is 8.27. The maximum atomic E-state index is 6.27. The maximum Gasteiger partial charge on any atom is 0.0465 e. The zero-order valence-electron chi connectivity index (χ0n) is 11.7. The summed E-state index contributed by atoms with van der Waals surface area (Å²) in [6, 6.07) is 6.07. The van der Waals surface area contributed by atoms with Gasteiger partial charge in [0.25, 0.3) is 0 Å². The minimum Gasteiger partial charge on any atom is -0.327 e. The number of nitrogens with two attached hydrogens (primary N) is 1. The molecule has 110 valence electrons. The summed E-state index contributed by atoms with van der Waals surface area (Å²) < 4.78 is 0. The summed E-state index contributed by atoms with van der Waals surface area (Å²) in [7, 11) is 0. The Hall–Kier alpha value is -0.280. The minimum absolute atomic E-state index is 0.304. The fourth-order valence-corrected chi connectivity index (χ4v) is 3.83. The molecule has 1 saturated heterocycles. The molecule has 1 saturated carbocycles. The van der Waals surface area contributed by atoms with E-state index in [0.717, 1.165) is 42.1 Å². The fraction of sp³-hybridized carbons (Fsp3) is 0.625. The number of benzene rings is 1. The third-order valence-electron chi connectivity index (χ3n) is 4.42. The molecule has 2 N–H and O–H groups in total. The van der Waals surface area contributed by atoms with Gasteiger partial charge in [0.05, 0.1) is 0 Å². The SMILES string of the molecule is NC1CC(CC2CC2)CN(Cc2ccc(Cl)cc2Cl)C1. The van der Waals surface area contributed by atoms with Gasteiger partial charge < -0.3 is 5.73 Å². The van der Waals surface area contributed by atoms with Crippen molar-refractivity contribution in [3.05, 3.63) is 33.8 Å². The lowest BCUT2D eigenvalue weighted by molar-refractivity contribution is 0.141. The summed E-state index contributed by atoms with van der Waals surface area (Å²) in [6.07, 6.45) is 5.39. The van der Waals surface area contributed by atoms with Crippen LogP contribution in [0.3, 0.4) is 0 Å². The number of hydrogen-bond donors (Lipinski definition) is 1. The van der Waals surface area contributed by atoms with Crippen molar-refractivity contribution < 1.29 is 0 Å². The molecule has 1 aromatic carbocycles. The second kappa shape index (κ2) is 6.23. The van der Waals surface area contributed by atoms with Gasteiger partial charge in [-0.15, -0.1) is 0 Å². The molecule has 0 aromatic heterocycles. The maximum absolute atomic E-state index is 6.27. The Bertz CT molecular complexity index is 472. The Morgan fingerprint density at radius 1 is 1.15 bits per heavy atom. The van der Waals surface area contributed by atoms with Crippen molar-refractivity contribution in [2.45, 2.75) is 38.3 Å². The van der Waals surface area contributed by atoms with Crippen molar-refractivity contribution in [3.8, 4) is 0 Å². The van der Waals surface area contributed by atoms with E-state index in [1.165, 1.54) is 25.7 Å². The lowest BCUT2D eigenvalue weighted by atomic mass is 9.90. The zero-order valence-corrected chi connectivity index (χ0v) is 13.2. The second-order valence-electron chi connectivity index (χ2n) is 6.47. The molecule has 4 heteroatoms. The van der Waals surface area contributed by atoms with E-state index in [0.29, 0.717) is 11.1 Å². The van der Waals surface area contributed by atoms with Crippen molar-refractivity contribution in [1.29, 1.82) is 0 Å². The predicted molar refractivity (Wildman–Crippen MR) is 85.2 cm³/mol. The van der Waals surface area contributed by atoms with Gasteiger partial charge in [0.15, 0.2) is 0 Å². The average Bonchev–Trinajstić information content (AvgIpc) is 3.16. The van der Waals surface area contributed by atoms with Crippen LogP contribution in [0.1, 0.15) is 31.2 Å². The topological polar surface area (TPSA) is 29.3 Å². The predicted octanol–water partition coefficient (Wildman–Crippen LogP) is 3.94. The highest BCUT2D eigenvalue weighted by Crippen LogP contribution is 2.38. The fourth-order valence-electron chi connectivity index (χ4n) is 3.36. The van der Waals surface area contributed by atoms with Crippen LogP contribution in [-0.4, -0.2) is 24.0 Å². The van der Waals surface area contributed by atoms with Gasteiger partial charge in [-0.05, 0) is 42.4 Å². The zero-order chi connectivity index (χ0) is 14.1. The molecule has 2 fully saturated rings.